The lowest BCUT2D eigenvalue weighted by Crippen LogP contribution is -2.48. The number of anilines is 2. The highest BCUT2D eigenvalue weighted by Gasteiger charge is 2.42. The molecule has 2 aromatic rings. The predicted molar refractivity (Wildman–Crippen MR) is 131 cm³/mol. The Morgan fingerprint density at radius 1 is 1.03 bits per heavy atom. The smallest absolute Gasteiger partial charge is 0.368 e. The lowest BCUT2D eigenvalue weighted by atomic mass is 10.1. The summed E-state index contributed by atoms with van der Waals surface area (Å²) < 4.78 is 62.4. The number of carbonyl (C=O) groups is 1. The minimum Gasteiger partial charge on any atom is -0.368 e. The number of hydrogen-bond acceptors (Lipinski definition) is 7. The Balaban J connectivity index is 1.16. The van der Waals surface area contributed by atoms with Crippen molar-refractivity contribution in [3.8, 4) is 0 Å². The predicted octanol–water partition coefficient (Wildman–Crippen LogP) is 3.35. The van der Waals surface area contributed by atoms with Crippen LogP contribution >= 0.6 is 11.8 Å². The van der Waals surface area contributed by atoms with E-state index in [9.17, 15) is 26.4 Å². The number of halogens is 3. The third kappa shape index (κ3) is 5.27. The van der Waals surface area contributed by atoms with Gasteiger partial charge in [-0.3, -0.25) is 9.79 Å². The fraction of sp³-hybridized carbons (Fsp3) is 0.391. The number of sulfone groups is 1. The quantitative estimate of drug-likeness (QED) is 0.664. The molecule has 0 spiro atoms. The molecular formula is C23H23F3N4O3S2. The first kappa shape index (κ1) is 24.0. The summed E-state index contributed by atoms with van der Waals surface area (Å²) in [4.78, 5) is 21.0. The van der Waals surface area contributed by atoms with Gasteiger partial charge in [0.05, 0.1) is 23.1 Å². The van der Waals surface area contributed by atoms with Gasteiger partial charge < -0.3 is 15.1 Å². The molecule has 35 heavy (non-hydrogen) atoms. The number of rotatable bonds is 3. The van der Waals surface area contributed by atoms with E-state index >= 15 is 0 Å². The van der Waals surface area contributed by atoms with Crippen molar-refractivity contribution in [2.24, 2.45) is 4.99 Å². The maximum absolute atomic E-state index is 13.0. The van der Waals surface area contributed by atoms with Crippen molar-refractivity contribution in [3.05, 3.63) is 59.7 Å². The number of nitrogens with one attached hydrogen (secondary N) is 1. The summed E-state index contributed by atoms with van der Waals surface area (Å²) >= 11 is 1.43. The summed E-state index contributed by atoms with van der Waals surface area (Å²) in [6.45, 7) is 1.71. The number of fused-ring (bicyclic) bond motifs is 1. The first-order valence-corrected chi connectivity index (χ1v) is 13.8. The highest BCUT2D eigenvalue weighted by Crippen LogP contribution is 2.35. The third-order valence-electron chi connectivity index (χ3n) is 6.31. The van der Waals surface area contributed by atoms with Crippen LogP contribution in [-0.4, -0.2) is 73.4 Å². The van der Waals surface area contributed by atoms with Crippen LogP contribution in [0.1, 0.15) is 15.9 Å². The number of thioether (sulfide) groups is 1. The zero-order valence-corrected chi connectivity index (χ0v) is 20.2. The summed E-state index contributed by atoms with van der Waals surface area (Å²) in [5.74, 6) is 0.100. The van der Waals surface area contributed by atoms with Crippen molar-refractivity contribution in [3.63, 3.8) is 0 Å². The van der Waals surface area contributed by atoms with Gasteiger partial charge in [-0.2, -0.15) is 13.2 Å². The maximum Gasteiger partial charge on any atom is 0.416 e. The molecule has 3 heterocycles. The van der Waals surface area contributed by atoms with Gasteiger partial charge >= 0.3 is 6.18 Å². The van der Waals surface area contributed by atoms with Gasteiger partial charge in [0.15, 0.2) is 15.0 Å². The number of benzene rings is 2. The van der Waals surface area contributed by atoms with E-state index in [4.69, 9.17) is 0 Å². The van der Waals surface area contributed by atoms with Gasteiger partial charge in [0, 0.05) is 48.4 Å². The van der Waals surface area contributed by atoms with E-state index in [1.807, 2.05) is 4.90 Å². The number of aliphatic imine (C=N–C) groups is 1. The van der Waals surface area contributed by atoms with E-state index < -0.39 is 21.6 Å². The number of hydrogen-bond donors (Lipinski definition) is 1. The summed E-state index contributed by atoms with van der Waals surface area (Å²) in [7, 11) is -3.00. The zero-order valence-electron chi connectivity index (χ0n) is 18.5. The minimum atomic E-state index is -4.39. The minimum absolute atomic E-state index is 0.0436. The van der Waals surface area contributed by atoms with Crippen molar-refractivity contribution < 1.29 is 26.4 Å². The molecule has 1 N–H and O–H groups in total. The van der Waals surface area contributed by atoms with Gasteiger partial charge in [-0.15, -0.1) is 0 Å². The maximum atomic E-state index is 13.0. The summed E-state index contributed by atoms with van der Waals surface area (Å²) in [6.07, 6.45) is -4.39. The van der Waals surface area contributed by atoms with E-state index in [1.54, 1.807) is 35.2 Å². The van der Waals surface area contributed by atoms with E-state index in [0.717, 1.165) is 17.8 Å². The number of nitrogens with zero attached hydrogens (tertiary/aromatic N) is 3. The number of alkyl halides is 3. The summed E-state index contributed by atoms with van der Waals surface area (Å²) in [5.41, 5.74) is 1.09. The summed E-state index contributed by atoms with van der Waals surface area (Å²) in [6, 6.07) is 12.0. The lowest BCUT2D eigenvalue weighted by Gasteiger charge is -2.36. The molecule has 0 unspecified atom stereocenters. The molecule has 2 atom stereocenters. The Labute approximate surface area is 205 Å². The lowest BCUT2D eigenvalue weighted by molar-refractivity contribution is -0.137. The Hall–Kier alpha value is -2.73. The Kier molecular flexibility index (Phi) is 6.20. The first-order valence-electron chi connectivity index (χ1n) is 11.1. The van der Waals surface area contributed by atoms with Crippen molar-refractivity contribution in [1.82, 2.24) is 4.90 Å². The van der Waals surface area contributed by atoms with E-state index in [-0.39, 0.29) is 28.7 Å². The van der Waals surface area contributed by atoms with Crippen molar-refractivity contribution in [2.75, 3.05) is 47.9 Å². The molecule has 2 saturated heterocycles. The van der Waals surface area contributed by atoms with Crippen LogP contribution in [0, 0.1) is 0 Å². The van der Waals surface area contributed by atoms with E-state index in [1.165, 1.54) is 17.8 Å². The highest BCUT2D eigenvalue weighted by atomic mass is 32.2. The molecule has 0 aromatic heterocycles. The third-order valence-corrected chi connectivity index (χ3v) is 9.45. The second kappa shape index (κ2) is 9.05. The molecule has 7 nitrogen and oxygen atoms in total. The molecule has 186 valence electrons. The van der Waals surface area contributed by atoms with Gasteiger partial charge in [0.1, 0.15) is 0 Å². The molecule has 1 amide bonds. The molecular weight excluding hydrogens is 501 g/mol. The van der Waals surface area contributed by atoms with Crippen LogP contribution < -0.4 is 10.2 Å². The van der Waals surface area contributed by atoms with Crippen LogP contribution in [-0.2, 0) is 16.0 Å². The molecule has 12 heteroatoms. The SMILES string of the molecule is O=C(c1ccc(NC2=N[C@H]3CS(=O)(=O)C[C@@H]3S2)cc1)N1CCN(c2cccc(C(F)(F)F)c2)CC1. The van der Waals surface area contributed by atoms with Gasteiger partial charge in [-0.1, -0.05) is 17.8 Å². The average molecular weight is 525 g/mol. The fourth-order valence-corrected chi connectivity index (χ4v) is 8.14. The monoisotopic (exact) mass is 524 g/mol. The second-order valence-corrected chi connectivity index (χ2v) is 12.1. The number of amides is 1. The first-order chi connectivity index (χ1) is 16.6. The molecule has 0 saturated carbocycles. The summed E-state index contributed by atoms with van der Waals surface area (Å²) in [5, 5.41) is 3.82. The van der Waals surface area contributed by atoms with Crippen LogP contribution in [0.15, 0.2) is 53.5 Å². The van der Waals surface area contributed by atoms with Crippen LogP contribution in [0.3, 0.4) is 0 Å². The second-order valence-electron chi connectivity index (χ2n) is 8.76. The standard InChI is InChI=1S/C23H23F3N4O3S2/c24-23(25,26)16-2-1-3-18(12-16)29-8-10-30(11-9-29)21(31)15-4-6-17(7-5-15)27-22-28-19-13-35(32,33)14-20(19)34-22/h1-7,12,19-20H,8-11,13-14H2,(H,27,28)/t19-,20-/m0/s1. The molecule has 0 bridgehead atoms. The van der Waals surface area contributed by atoms with Crippen LogP contribution in [0.2, 0.25) is 0 Å². The fourth-order valence-electron chi connectivity index (χ4n) is 4.46. The molecule has 5 rings (SSSR count). The average Bonchev–Trinajstić information content (AvgIpc) is 3.31. The van der Waals surface area contributed by atoms with Gasteiger partial charge in [-0.25, -0.2) is 8.42 Å². The van der Waals surface area contributed by atoms with Crippen LogP contribution in [0.5, 0.6) is 0 Å². The van der Waals surface area contributed by atoms with Crippen LogP contribution in [0.25, 0.3) is 0 Å². The Bertz CT molecular complexity index is 1260. The van der Waals surface area contributed by atoms with Crippen molar-refractivity contribution in [2.45, 2.75) is 17.5 Å². The normalized spacial score (nSPS) is 23.7. The van der Waals surface area contributed by atoms with Gasteiger partial charge in [0.25, 0.3) is 5.91 Å². The van der Waals surface area contributed by atoms with Crippen molar-refractivity contribution in [1.29, 1.82) is 0 Å². The topological polar surface area (TPSA) is 82.1 Å². The van der Waals surface area contributed by atoms with Gasteiger partial charge in [0.2, 0.25) is 0 Å². The Morgan fingerprint density at radius 2 is 1.74 bits per heavy atom. The van der Waals surface area contributed by atoms with E-state index in [0.29, 0.717) is 42.6 Å². The largest absolute Gasteiger partial charge is 0.416 e. The number of piperazine rings is 1. The molecule has 3 aliphatic heterocycles. The molecule has 0 radical (unpaired) electrons. The molecule has 3 aliphatic rings. The van der Waals surface area contributed by atoms with E-state index in [2.05, 4.69) is 10.3 Å². The molecule has 0 aliphatic carbocycles. The molecule has 2 aromatic carbocycles. The zero-order chi connectivity index (χ0) is 24.8. The highest BCUT2D eigenvalue weighted by molar-refractivity contribution is 8.15. The molecule has 2 fully saturated rings. The Morgan fingerprint density at radius 3 is 2.40 bits per heavy atom. The van der Waals surface area contributed by atoms with Crippen LogP contribution in [0.4, 0.5) is 24.5 Å². The van der Waals surface area contributed by atoms with Gasteiger partial charge in [-0.05, 0) is 42.5 Å². The van der Waals surface area contributed by atoms with Crippen molar-refractivity contribution >= 4 is 44.0 Å². The number of carbonyl (C=O) groups excluding carboxylic acids is 1. The number of amidine groups is 1.